The van der Waals surface area contributed by atoms with Crippen LogP contribution in [0.2, 0.25) is 5.02 Å². The van der Waals surface area contributed by atoms with Crippen molar-refractivity contribution < 1.29 is 49.1 Å². The summed E-state index contributed by atoms with van der Waals surface area (Å²) in [6.45, 7) is -0.406. The molecule has 1 aliphatic heterocycles. The summed E-state index contributed by atoms with van der Waals surface area (Å²) in [4.78, 5) is 35.9. The normalized spacial score (nSPS) is 21.3. The van der Waals surface area contributed by atoms with E-state index in [0.29, 0.717) is 10.5 Å². The number of benzene rings is 1. The number of fused-ring (bicyclic) bond motifs is 1. The molecule has 9 nitrogen and oxygen atoms in total. The van der Waals surface area contributed by atoms with Gasteiger partial charge in [0, 0.05) is 26.2 Å². The minimum Gasteiger partial charge on any atom is -0.365 e. The van der Waals surface area contributed by atoms with Gasteiger partial charge in [-0.2, -0.15) is 39.5 Å². The van der Waals surface area contributed by atoms with Crippen LogP contribution in [-0.4, -0.2) is 68.9 Å². The van der Waals surface area contributed by atoms with Gasteiger partial charge in [0.15, 0.2) is 5.65 Å². The summed E-state index contributed by atoms with van der Waals surface area (Å²) in [5.41, 5.74) is 4.15. The summed E-state index contributed by atoms with van der Waals surface area (Å²) < 4.78 is 124. The van der Waals surface area contributed by atoms with Gasteiger partial charge in [-0.15, -0.1) is 0 Å². The number of imidazole rings is 1. The van der Waals surface area contributed by atoms with E-state index in [1.54, 1.807) is 4.57 Å². The Labute approximate surface area is 296 Å². The number of hydrogen-bond donors (Lipinski definition) is 2. The number of aromatic nitrogens is 3. The van der Waals surface area contributed by atoms with Gasteiger partial charge in [-0.25, -0.2) is 9.97 Å². The first-order valence-electron chi connectivity index (χ1n) is 16.7. The minimum absolute atomic E-state index is 0.0433. The van der Waals surface area contributed by atoms with E-state index in [9.17, 15) is 49.1 Å². The molecule has 0 spiro atoms. The van der Waals surface area contributed by atoms with E-state index in [4.69, 9.17) is 17.3 Å². The van der Waals surface area contributed by atoms with Gasteiger partial charge in [-0.05, 0) is 81.0 Å². The molecule has 3 heterocycles. The average Bonchev–Trinajstić information content (AvgIpc) is 3.83. The molecule has 2 aliphatic carbocycles. The van der Waals surface area contributed by atoms with Gasteiger partial charge in [0.05, 0.1) is 28.1 Å². The molecule has 0 bridgehead atoms. The molecular formula is C33H35ClF9N7O2. The lowest BCUT2D eigenvalue weighted by atomic mass is 9.81. The van der Waals surface area contributed by atoms with Crippen molar-refractivity contribution in [3.63, 3.8) is 0 Å². The number of alkyl halides is 9. The first-order valence-corrected chi connectivity index (χ1v) is 17.1. The zero-order chi connectivity index (χ0) is 37.8. The molecular weight excluding hydrogens is 733 g/mol. The smallest absolute Gasteiger partial charge is 0.365 e. The maximum Gasteiger partial charge on any atom is 0.411 e. The SMILES string of the molecule is NC(=O)c1cc2nc(Nc3cc(CN(C=O)C4(C(F)(F)F)CC4)ccc3Cl)n(C[C@H]3CC[C@H](C(F)(F)F)CC3)c2nc1N1CCC(C(F)(F)F)CC1. The summed E-state index contributed by atoms with van der Waals surface area (Å²) in [5.74, 6) is -4.01. The molecule has 0 atom stereocenters. The van der Waals surface area contributed by atoms with E-state index in [0.717, 1.165) is 0 Å². The summed E-state index contributed by atoms with van der Waals surface area (Å²) in [6, 6.07) is 5.69. The number of nitrogens with one attached hydrogen (secondary N) is 1. The Kier molecular flexibility index (Phi) is 10.0. The maximum absolute atomic E-state index is 13.8. The Morgan fingerprint density at radius 1 is 0.942 bits per heavy atom. The van der Waals surface area contributed by atoms with E-state index in [2.05, 4.69) is 15.3 Å². The highest BCUT2D eigenvalue weighted by Gasteiger charge is 2.66. The van der Waals surface area contributed by atoms with Crippen molar-refractivity contribution in [3.05, 3.63) is 40.4 Å². The van der Waals surface area contributed by atoms with Crippen LogP contribution in [0.5, 0.6) is 0 Å². The molecule has 3 aromatic rings. The minimum atomic E-state index is -4.63. The van der Waals surface area contributed by atoms with Crippen LogP contribution in [-0.2, 0) is 17.9 Å². The molecule has 1 aromatic carbocycles. The number of piperidine rings is 1. The second-order valence-electron chi connectivity index (χ2n) is 13.9. The summed E-state index contributed by atoms with van der Waals surface area (Å²) in [7, 11) is 0. The Balaban J connectivity index is 1.36. The Hall–Kier alpha value is -3.96. The number of hydrogen-bond acceptors (Lipinski definition) is 6. The highest BCUT2D eigenvalue weighted by atomic mass is 35.5. The molecule has 0 unspecified atom stereocenters. The van der Waals surface area contributed by atoms with E-state index < -0.39 is 41.8 Å². The molecule has 284 valence electrons. The van der Waals surface area contributed by atoms with Crippen molar-refractivity contribution in [1.29, 1.82) is 0 Å². The molecule has 6 rings (SSSR count). The predicted octanol–water partition coefficient (Wildman–Crippen LogP) is 8.13. The molecule has 2 saturated carbocycles. The van der Waals surface area contributed by atoms with Crippen LogP contribution in [0.15, 0.2) is 24.3 Å². The van der Waals surface area contributed by atoms with Gasteiger partial charge >= 0.3 is 18.5 Å². The molecule has 3 N–H and O–H groups in total. The molecule has 2 aromatic heterocycles. The Morgan fingerprint density at radius 3 is 2.10 bits per heavy atom. The van der Waals surface area contributed by atoms with E-state index >= 15 is 0 Å². The van der Waals surface area contributed by atoms with Crippen LogP contribution in [0.3, 0.4) is 0 Å². The lowest BCUT2D eigenvalue weighted by Gasteiger charge is -2.34. The van der Waals surface area contributed by atoms with Crippen LogP contribution in [0.4, 0.5) is 57.0 Å². The second kappa shape index (κ2) is 13.8. The zero-order valence-electron chi connectivity index (χ0n) is 27.5. The van der Waals surface area contributed by atoms with Crippen LogP contribution in [0, 0.1) is 17.8 Å². The van der Waals surface area contributed by atoms with Crippen molar-refractivity contribution in [2.75, 3.05) is 23.3 Å². The van der Waals surface area contributed by atoms with Crippen molar-refractivity contribution in [1.82, 2.24) is 19.4 Å². The third-order valence-corrected chi connectivity index (χ3v) is 10.9. The van der Waals surface area contributed by atoms with Crippen molar-refractivity contribution in [2.45, 2.75) is 88.5 Å². The molecule has 3 fully saturated rings. The van der Waals surface area contributed by atoms with Gasteiger partial charge < -0.3 is 20.9 Å². The van der Waals surface area contributed by atoms with Gasteiger partial charge in [-0.3, -0.25) is 14.2 Å². The predicted molar refractivity (Wildman–Crippen MR) is 173 cm³/mol. The first-order chi connectivity index (χ1) is 24.3. The van der Waals surface area contributed by atoms with Gasteiger partial charge in [0.2, 0.25) is 12.4 Å². The number of carbonyl (C=O) groups is 2. The average molecular weight is 768 g/mol. The maximum atomic E-state index is 13.8. The number of amides is 2. The molecule has 52 heavy (non-hydrogen) atoms. The van der Waals surface area contributed by atoms with Crippen LogP contribution < -0.4 is 16.0 Å². The van der Waals surface area contributed by atoms with E-state index in [-0.39, 0.29) is 129 Å². The first kappa shape index (κ1) is 37.8. The van der Waals surface area contributed by atoms with Gasteiger partial charge in [-0.1, -0.05) is 17.7 Å². The highest BCUT2D eigenvalue weighted by Crippen LogP contribution is 2.53. The monoisotopic (exact) mass is 767 g/mol. The standard InChI is InChI=1S/C33H35ClF9N7O2/c34-23-6-3-19(15-49(17-51)30(9-10-30)33(41,42)43)13-24(23)45-29-46-25-14-22(26(44)52)27(48-11-7-21(8-12-48)32(38,39)40)47-28(25)50(29)16-18-1-4-20(5-2-18)31(35,36)37/h3,6,13-14,17-18,20-21H,1-2,4-5,7-12,15-16H2,(H2,44,52)(H,45,46)/t18-,20-. The lowest BCUT2D eigenvalue weighted by Crippen LogP contribution is -2.47. The van der Waals surface area contributed by atoms with Crippen molar-refractivity contribution in [3.8, 4) is 0 Å². The molecule has 19 heteroatoms. The number of carbonyl (C=O) groups excluding carboxylic acids is 2. The lowest BCUT2D eigenvalue weighted by molar-refractivity contribution is -0.197. The number of nitrogens with zero attached hydrogens (tertiary/aromatic N) is 5. The van der Waals surface area contributed by atoms with E-state index in [1.807, 2.05) is 0 Å². The Morgan fingerprint density at radius 2 is 1.56 bits per heavy atom. The number of anilines is 3. The number of nitrogens with two attached hydrogens (primary N) is 1. The zero-order valence-corrected chi connectivity index (χ0v) is 28.3. The molecule has 2 amide bonds. The van der Waals surface area contributed by atoms with Crippen molar-refractivity contribution in [2.24, 2.45) is 23.5 Å². The summed E-state index contributed by atoms with van der Waals surface area (Å²) in [6.07, 6.45) is -13.9. The summed E-state index contributed by atoms with van der Waals surface area (Å²) in [5, 5.41) is 3.18. The van der Waals surface area contributed by atoms with Crippen LogP contribution in [0.1, 0.15) is 67.3 Å². The number of rotatable bonds is 10. The second-order valence-corrected chi connectivity index (χ2v) is 14.3. The summed E-state index contributed by atoms with van der Waals surface area (Å²) >= 11 is 6.50. The Bertz CT molecular complexity index is 1810. The molecule has 0 radical (unpaired) electrons. The third-order valence-electron chi connectivity index (χ3n) is 10.5. The third kappa shape index (κ3) is 7.57. The van der Waals surface area contributed by atoms with Gasteiger partial charge in [0.25, 0.3) is 5.91 Å². The highest BCUT2D eigenvalue weighted by molar-refractivity contribution is 6.33. The largest absolute Gasteiger partial charge is 0.411 e. The number of primary amides is 1. The van der Waals surface area contributed by atoms with Crippen LogP contribution in [0.25, 0.3) is 11.2 Å². The topological polar surface area (TPSA) is 109 Å². The molecule has 3 aliphatic rings. The number of pyridine rings is 1. The van der Waals surface area contributed by atoms with Crippen molar-refractivity contribution >= 4 is 52.5 Å². The van der Waals surface area contributed by atoms with Gasteiger partial charge in [0.1, 0.15) is 16.9 Å². The van der Waals surface area contributed by atoms with E-state index in [1.165, 1.54) is 29.2 Å². The quantitative estimate of drug-likeness (QED) is 0.159. The molecule has 1 saturated heterocycles. The fourth-order valence-electron chi connectivity index (χ4n) is 7.30. The number of halogens is 10. The fourth-order valence-corrected chi connectivity index (χ4v) is 7.47. The fraction of sp³-hybridized carbons (Fsp3) is 0.576. The van der Waals surface area contributed by atoms with Crippen LogP contribution >= 0.6 is 11.6 Å².